The third-order valence-corrected chi connectivity index (χ3v) is 3.51. The van der Waals surface area contributed by atoms with Crippen LogP contribution in [0, 0.1) is 11.3 Å². The monoisotopic (exact) mass is 350 g/mol. The van der Waals surface area contributed by atoms with Gasteiger partial charge in [0.05, 0.1) is 14.2 Å². The van der Waals surface area contributed by atoms with Crippen LogP contribution in [0.4, 0.5) is 0 Å². The Labute approximate surface area is 131 Å². The number of rotatable bonds is 5. The average molecular weight is 351 g/mol. The van der Waals surface area contributed by atoms with Crippen LogP contribution in [0.25, 0.3) is 6.08 Å². The number of methoxy groups -OCH3 is 2. The Morgan fingerprint density at radius 2 is 2.14 bits per heavy atom. The maximum absolute atomic E-state index is 12.0. The van der Waals surface area contributed by atoms with E-state index in [-0.39, 0.29) is 17.5 Å². The first-order valence-corrected chi connectivity index (χ1v) is 7.22. The molecule has 0 aromatic heterocycles. The Balaban J connectivity index is 2.38. The Bertz CT molecular complexity index is 631. The number of ether oxygens (including phenoxy) is 2. The molecule has 6 heteroatoms. The predicted molar refractivity (Wildman–Crippen MR) is 82.0 cm³/mol. The van der Waals surface area contributed by atoms with Gasteiger partial charge in [-0.15, -0.1) is 0 Å². The fourth-order valence-electron chi connectivity index (χ4n) is 1.86. The highest BCUT2D eigenvalue weighted by Crippen LogP contribution is 2.35. The van der Waals surface area contributed by atoms with Gasteiger partial charge in [0.25, 0.3) is 5.91 Å². The fraction of sp³-hybridized carbons (Fsp3) is 0.333. The van der Waals surface area contributed by atoms with E-state index in [0.29, 0.717) is 17.1 Å². The molecule has 110 valence electrons. The number of nitrogens with zero attached hydrogens (tertiary/aromatic N) is 1. The lowest BCUT2D eigenvalue weighted by Gasteiger charge is -2.11. The average Bonchev–Trinajstić information content (AvgIpc) is 3.27. The van der Waals surface area contributed by atoms with Crippen molar-refractivity contribution in [2.75, 3.05) is 14.2 Å². The van der Waals surface area contributed by atoms with Gasteiger partial charge in [0.2, 0.25) is 0 Å². The number of nitrogens with one attached hydrogen (secondary N) is 1. The number of halogens is 1. The lowest BCUT2D eigenvalue weighted by atomic mass is 10.1. The van der Waals surface area contributed by atoms with Gasteiger partial charge in [-0.2, -0.15) is 5.26 Å². The van der Waals surface area contributed by atoms with Crippen LogP contribution in [0.5, 0.6) is 11.5 Å². The van der Waals surface area contributed by atoms with Crippen LogP contribution < -0.4 is 14.8 Å². The third kappa shape index (κ3) is 3.76. The van der Waals surface area contributed by atoms with Crippen molar-refractivity contribution < 1.29 is 14.3 Å². The molecule has 21 heavy (non-hydrogen) atoms. The molecule has 2 rings (SSSR count). The van der Waals surface area contributed by atoms with Gasteiger partial charge in [-0.05, 0) is 31.1 Å². The maximum atomic E-state index is 12.0. The summed E-state index contributed by atoms with van der Waals surface area (Å²) >= 11 is 3.37. The molecule has 1 amide bonds. The van der Waals surface area contributed by atoms with E-state index < -0.39 is 0 Å². The van der Waals surface area contributed by atoms with Crippen molar-refractivity contribution >= 4 is 27.9 Å². The number of hydrogen-bond acceptors (Lipinski definition) is 4. The lowest BCUT2D eigenvalue weighted by molar-refractivity contribution is -0.117. The zero-order valence-corrected chi connectivity index (χ0v) is 13.4. The molecule has 1 aromatic rings. The molecule has 1 N–H and O–H groups in total. The van der Waals surface area contributed by atoms with Gasteiger partial charge in [0.1, 0.15) is 11.6 Å². The standard InChI is InChI=1S/C15H15BrN2O3/c1-20-13-7-11(16)6-9(14(13)21-2)5-10(8-17)15(19)18-12-3-4-12/h5-7,12H,3-4H2,1-2H3,(H,18,19). The van der Waals surface area contributed by atoms with Crippen LogP contribution in [-0.4, -0.2) is 26.2 Å². The van der Waals surface area contributed by atoms with Crippen LogP contribution in [0.15, 0.2) is 22.2 Å². The first kappa shape index (κ1) is 15.4. The van der Waals surface area contributed by atoms with E-state index >= 15 is 0 Å². The number of hydrogen-bond donors (Lipinski definition) is 1. The van der Waals surface area contributed by atoms with E-state index in [0.717, 1.165) is 17.3 Å². The number of benzene rings is 1. The van der Waals surface area contributed by atoms with Gasteiger partial charge in [-0.3, -0.25) is 4.79 Å². The van der Waals surface area contributed by atoms with Crippen molar-refractivity contribution in [3.63, 3.8) is 0 Å². The normalized spacial score (nSPS) is 14.3. The van der Waals surface area contributed by atoms with Gasteiger partial charge in [-0.1, -0.05) is 15.9 Å². The number of carbonyl (C=O) groups excluding carboxylic acids is 1. The van der Waals surface area contributed by atoms with Crippen LogP contribution in [0.2, 0.25) is 0 Å². The van der Waals surface area contributed by atoms with Crippen molar-refractivity contribution in [3.8, 4) is 17.6 Å². The number of amides is 1. The van der Waals surface area contributed by atoms with Gasteiger partial charge in [0.15, 0.2) is 11.5 Å². The second kappa shape index (κ2) is 6.64. The summed E-state index contributed by atoms with van der Waals surface area (Å²) in [5.41, 5.74) is 0.645. The van der Waals surface area contributed by atoms with Crippen LogP contribution in [0.3, 0.4) is 0 Å². The van der Waals surface area contributed by atoms with E-state index in [1.54, 1.807) is 12.1 Å². The molecule has 0 aliphatic heterocycles. The molecule has 5 nitrogen and oxygen atoms in total. The van der Waals surface area contributed by atoms with Gasteiger partial charge in [0, 0.05) is 16.1 Å². The quantitative estimate of drug-likeness (QED) is 0.654. The molecule has 1 fully saturated rings. The number of carbonyl (C=O) groups is 1. The fourth-order valence-corrected chi connectivity index (χ4v) is 2.32. The van der Waals surface area contributed by atoms with Gasteiger partial charge in [-0.25, -0.2) is 0 Å². The Morgan fingerprint density at radius 1 is 1.43 bits per heavy atom. The zero-order valence-electron chi connectivity index (χ0n) is 11.8. The molecule has 0 atom stereocenters. The largest absolute Gasteiger partial charge is 0.493 e. The summed E-state index contributed by atoms with van der Waals surface area (Å²) in [6.07, 6.45) is 3.45. The highest BCUT2D eigenvalue weighted by atomic mass is 79.9. The maximum Gasteiger partial charge on any atom is 0.262 e. The SMILES string of the molecule is COc1cc(Br)cc(C=C(C#N)C(=O)NC2CC2)c1OC. The highest BCUT2D eigenvalue weighted by molar-refractivity contribution is 9.10. The molecular formula is C15H15BrN2O3. The molecular weight excluding hydrogens is 336 g/mol. The second-order valence-corrected chi connectivity index (χ2v) is 5.56. The second-order valence-electron chi connectivity index (χ2n) is 4.65. The highest BCUT2D eigenvalue weighted by Gasteiger charge is 2.25. The minimum Gasteiger partial charge on any atom is -0.493 e. The molecule has 0 bridgehead atoms. The molecule has 1 aliphatic carbocycles. The van der Waals surface area contributed by atoms with Crippen molar-refractivity contribution in [2.45, 2.75) is 18.9 Å². The molecule has 1 aromatic carbocycles. The van der Waals surface area contributed by atoms with E-state index in [1.165, 1.54) is 20.3 Å². The minimum atomic E-state index is -0.360. The summed E-state index contributed by atoms with van der Waals surface area (Å²) in [6.45, 7) is 0. The summed E-state index contributed by atoms with van der Waals surface area (Å²) in [5.74, 6) is 0.645. The first-order valence-electron chi connectivity index (χ1n) is 6.43. The van der Waals surface area contributed by atoms with E-state index in [4.69, 9.17) is 9.47 Å². The Kier molecular flexibility index (Phi) is 4.86. The zero-order chi connectivity index (χ0) is 15.4. The van der Waals surface area contributed by atoms with E-state index in [2.05, 4.69) is 21.2 Å². The van der Waals surface area contributed by atoms with E-state index in [1.807, 2.05) is 6.07 Å². The smallest absolute Gasteiger partial charge is 0.262 e. The summed E-state index contributed by atoms with van der Waals surface area (Å²) in [5, 5.41) is 12.0. The lowest BCUT2D eigenvalue weighted by Crippen LogP contribution is -2.26. The third-order valence-electron chi connectivity index (χ3n) is 3.05. The first-order chi connectivity index (χ1) is 10.1. The number of nitriles is 1. The molecule has 0 radical (unpaired) electrons. The van der Waals surface area contributed by atoms with Gasteiger partial charge < -0.3 is 14.8 Å². The Hall–Kier alpha value is -2.00. The van der Waals surface area contributed by atoms with Crippen molar-refractivity contribution in [1.82, 2.24) is 5.32 Å². The van der Waals surface area contributed by atoms with Crippen molar-refractivity contribution in [1.29, 1.82) is 5.26 Å². The van der Waals surface area contributed by atoms with Gasteiger partial charge >= 0.3 is 0 Å². The molecule has 0 saturated heterocycles. The summed E-state index contributed by atoms with van der Waals surface area (Å²) < 4.78 is 11.3. The summed E-state index contributed by atoms with van der Waals surface area (Å²) in [7, 11) is 3.04. The topological polar surface area (TPSA) is 71.3 Å². The van der Waals surface area contributed by atoms with Crippen LogP contribution in [0.1, 0.15) is 18.4 Å². The van der Waals surface area contributed by atoms with Crippen molar-refractivity contribution in [3.05, 3.63) is 27.7 Å². The van der Waals surface area contributed by atoms with Crippen LogP contribution in [-0.2, 0) is 4.79 Å². The minimum absolute atomic E-state index is 0.0420. The summed E-state index contributed by atoms with van der Waals surface area (Å²) in [4.78, 5) is 12.0. The Morgan fingerprint density at radius 3 is 2.67 bits per heavy atom. The molecule has 1 aliphatic rings. The van der Waals surface area contributed by atoms with Crippen LogP contribution >= 0.6 is 15.9 Å². The van der Waals surface area contributed by atoms with Crippen molar-refractivity contribution in [2.24, 2.45) is 0 Å². The molecule has 0 spiro atoms. The molecule has 0 heterocycles. The summed E-state index contributed by atoms with van der Waals surface area (Å²) in [6, 6.07) is 5.65. The molecule has 1 saturated carbocycles. The molecule has 0 unspecified atom stereocenters. The predicted octanol–water partition coefficient (Wildman–Crippen LogP) is 2.65. The van der Waals surface area contributed by atoms with E-state index in [9.17, 15) is 10.1 Å².